The number of rotatable bonds is 6. The van der Waals surface area contributed by atoms with Gasteiger partial charge in [-0.3, -0.25) is 13.8 Å². The fourth-order valence-corrected chi connectivity index (χ4v) is 3.46. The second-order valence-electron chi connectivity index (χ2n) is 6.53. The number of amides is 1. The molecule has 3 aromatic rings. The molecule has 3 N–H and O–H groups in total. The first-order chi connectivity index (χ1) is 14.3. The molecule has 2 atom stereocenters. The zero-order valence-corrected chi connectivity index (χ0v) is 16.3. The SMILES string of the molecule is NS(=O)(=O)OCC1OC(n2ccc3c(NC(=O)c4ccccc4)ncnc32)CC1=O. The topological polar surface area (TPSA) is 156 Å². The summed E-state index contributed by atoms with van der Waals surface area (Å²) in [6.45, 7) is -0.499. The van der Waals surface area contributed by atoms with Gasteiger partial charge in [0.15, 0.2) is 5.78 Å². The van der Waals surface area contributed by atoms with Crippen LogP contribution in [0.1, 0.15) is 23.0 Å². The molecule has 1 aliphatic rings. The van der Waals surface area contributed by atoms with Gasteiger partial charge >= 0.3 is 10.3 Å². The summed E-state index contributed by atoms with van der Waals surface area (Å²) in [5.41, 5.74) is 0.922. The molecule has 30 heavy (non-hydrogen) atoms. The molecular formula is C18H17N5O6S. The molecule has 12 heteroatoms. The number of carbonyl (C=O) groups excluding carboxylic acids is 2. The molecule has 3 heterocycles. The summed E-state index contributed by atoms with van der Waals surface area (Å²) in [7, 11) is -4.18. The van der Waals surface area contributed by atoms with E-state index in [1.807, 2.05) is 6.07 Å². The maximum atomic E-state index is 12.4. The number of carbonyl (C=O) groups is 2. The van der Waals surface area contributed by atoms with Crippen molar-refractivity contribution in [3.8, 4) is 0 Å². The highest BCUT2D eigenvalue weighted by Gasteiger charge is 2.36. The third kappa shape index (κ3) is 4.21. The van der Waals surface area contributed by atoms with Crippen molar-refractivity contribution in [1.29, 1.82) is 0 Å². The van der Waals surface area contributed by atoms with Gasteiger partial charge in [-0.25, -0.2) is 15.1 Å². The Labute approximate surface area is 171 Å². The maximum Gasteiger partial charge on any atom is 0.333 e. The zero-order valence-electron chi connectivity index (χ0n) is 15.5. The van der Waals surface area contributed by atoms with E-state index in [-0.39, 0.29) is 18.1 Å². The standard InChI is InChI=1S/C18H17N5O6S/c19-30(26,27)28-9-14-13(24)8-15(29-14)23-7-6-12-16(20-10-21-17(12)23)22-18(25)11-4-2-1-3-5-11/h1-7,10,14-15H,8-9H2,(H2,19,26,27)(H,20,21,22,25). The third-order valence-electron chi connectivity index (χ3n) is 4.53. The highest BCUT2D eigenvalue weighted by molar-refractivity contribution is 7.84. The molecule has 0 radical (unpaired) electrons. The Bertz CT molecular complexity index is 1210. The van der Waals surface area contributed by atoms with Crippen molar-refractivity contribution in [3.05, 3.63) is 54.5 Å². The first-order valence-electron chi connectivity index (χ1n) is 8.85. The van der Waals surface area contributed by atoms with Gasteiger partial charge in [-0.05, 0) is 18.2 Å². The summed E-state index contributed by atoms with van der Waals surface area (Å²) in [4.78, 5) is 33.0. The molecule has 1 aromatic carbocycles. The van der Waals surface area contributed by atoms with E-state index in [9.17, 15) is 18.0 Å². The molecule has 0 aliphatic carbocycles. The summed E-state index contributed by atoms with van der Waals surface area (Å²) < 4.78 is 33.6. The largest absolute Gasteiger partial charge is 0.344 e. The van der Waals surface area contributed by atoms with Crippen LogP contribution in [0, 0.1) is 0 Å². The van der Waals surface area contributed by atoms with Crippen LogP contribution in [0.5, 0.6) is 0 Å². The van der Waals surface area contributed by atoms with Crippen LogP contribution in [0.3, 0.4) is 0 Å². The second kappa shape index (κ2) is 7.91. The monoisotopic (exact) mass is 431 g/mol. The molecule has 1 fully saturated rings. The van der Waals surface area contributed by atoms with Gasteiger partial charge in [0.2, 0.25) is 0 Å². The van der Waals surface area contributed by atoms with Crippen LogP contribution in [0.15, 0.2) is 48.9 Å². The van der Waals surface area contributed by atoms with E-state index < -0.39 is 29.2 Å². The lowest BCUT2D eigenvalue weighted by Gasteiger charge is -2.14. The van der Waals surface area contributed by atoms with Crippen molar-refractivity contribution in [3.63, 3.8) is 0 Å². The number of Topliss-reactive ketones (excluding diaryl/α,β-unsaturated/α-hetero) is 1. The molecule has 0 saturated carbocycles. The van der Waals surface area contributed by atoms with Gasteiger partial charge in [0, 0.05) is 11.8 Å². The number of anilines is 1. The van der Waals surface area contributed by atoms with E-state index in [1.165, 1.54) is 6.33 Å². The van der Waals surface area contributed by atoms with E-state index in [0.29, 0.717) is 22.4 Å². The molecule has 11 nitrogen and oxygen atoms in total. The Morgan fingerprint density at radius 1 is 1.27 bits per heavy atom. The molecular weight excluding hydrogens is 414 g/mol. The minimum Gasteiger partial charge on any atom is -0.344 e. The Hall–Kier alpha value is -3.19. The number of hydrogen-bond donors (Lipinski definition) is 2. The molecule has 4 rings (SSSR count). The van der Waals surface area contributed by atoms with Crippen LogP contribution in [0.4, 0.5) is 5.82 Å². The van der Waals surface area contributed by atoms with Crippen LogP contribution in [-0.2, 0) is 24.0 Å². The lowest BCUT2D eigenvalue weighted by atomic mass is 10.2. The van der Waals surface area contributed by atoms with E-state index in [1.54, 1.807) is 41.1 Å². The van der Waals surface area contributed by atoms with Gasteiger partial charge < -0.3 is 14.6 Å². The number of fused-ring (bicyclic) bond motifs is 1. The van der Waals surface area contributed by atoms with Gasteiger partial charge in [-0.2, -0.15) is 8.42 Å². The summed E-state index contributed by atoms with van der Waals surface area (Å²) in [6, 6.07) is 10.4. The number of nitrogens with zero attached hydrogens (tertiary/aromatic N) is 3. The van der Waals surface area contributed by atoms with Crippen molar-refractivity contribution in [2.45, 2.75) is 18.8 Å². The minimum absolute atomic E-state index is 0.00185. The molecule has 156 valence electrons. The molecule has 0 bridgehead atoms. The molecule has 1 aliphatic heterocycles. The molecule has 1 amide bonds. The van der Waals surface area contributed by atoms with Crippen LogP contribution in [-0.4, -0.2) is 47.4 Å². The third-order valence-corrected chi connectivity index (χ3v) is 4.99. The van der Waals surface area contributed by atoms with Gasteiger partial charge in [0.05, 0.1) is 11.8 Å². The number of aromatic nitrogens is 3. The fraction of sp³-hybridized carbons (Fsp3) is 0.222. The summed E-state index contributed by atoms with van der Waals surface area (Å²) in [5, 5.41) is 8.09. The Morgan fingerprint density at radius 3 is 2.77 bits per heavy atom. The van der Waals surface area contributed by atoms with Crippen LogP contribution >= 0.6 is 0 Å². The van der Waals surface area contributed by atoms with Gasteiger partial charge in [-0.1, -0.05) is 18.2 Å². The Morgan fingerprint density at radius 2 is 2.03 bits per heavy atom. The highest BCUT2D eigenvalue weighted by atomic mass is 32.2. The minimum atomic E-state index is -4.18. The Kier molecular flexibility index (Phi) is 5.30. The summed E-state index contributed by atoms with van der Waals surface area (Å²) in [6.07, 6.45) is 1.16. The average molecular weight is 431 g/mol. The van der Waals surface area contributed by atoms with Crippen LogP contribution in [0.2, 0.25) is 0 Å². The second-order valence-corrected chi connectivity index (χ2v) is 7.75. The number of hydrogen-bond acceptors (Lipinski definition) is 8. The van der Waals surface area contributed by atoms with Crippen molar-refractivity contribution < 1.29 is 26.9 Å². The van der Waals surface area contributed by atoms with Gasteiger partial charge in [-0.15, -0.1) is 0 Å². The van der Waals surface area contributed by atoms with E-state index in [0.717, 1.165) is 0 Å². The molecule has 0 spiro atoms. The lowest BCUT2D eigenvalue weighted by Crippen LogP contribution is -2.27. The Balaban J connectivity index is 1.55. The molecule has 2 unspecified atom stereocenters. The zero-order chi connectivity index (χ0) is 21.3. The number of nitrogens with two attached hydrogens (primary N) is 1. The number of ketones is 1. The van der Waals surface area contributed by atoms with Crippen molar-refractivity contribution in [2.75, 3.05) is 11.9 Å². The first-order valence-corrected chi connectivity index (χ1v) is 10.3. The highest BCUT2D eigenvalue weighted by Crippen LogP contribution is 2.31. The summed E-state index contributed by atoms with van der Waals surface area (Å²) >= 11 is 0. The quantitative estimate of drug-likeness (QED) is 0.579. The van der Waals surface area contributed by atoms with Gasteiger partial charge in [0.1, 0.15) is 36.7 Å². The van der Waals surface area contributed by atoms with E-state index >= 15 is 0 Å². The van der Waals surface area contributed by atoms with Crippen LogP contribution < -0.4 is 10.5 Å². The predicted molar refractivity (Wildman–Crippen MR) is 105 cm³/mol. The normalized spacial score (nSPS) is 19.3. The maximum absolute atomic E-state index is 12.4. The molecule has 2 aromatic heterocycles. The first kappa shape index (κ1) is 20.1. The van der Waals surface area contributed by atoms with E-state index in [2.05, 4.69) is 19.5 Å². The number of benzene rings is 1. The van der Waals surface area contributed by atoms with Crippen molar-refractivity contribution in [1.82, 2.24) is 14.5 Å². The number of ether oxygens (including phenoxy) is 1. The van der Waals surface area contributed by atoms with E-state index in [4.69, 9.17) is 9.88 Å². The van der Waals surface area contributed by atoms with Crippen molar-refractivity contribution >= 4 is 38.8 Å². The average Bonchev–Trinajstić information content (AvgIpc) is 3.30. The van der Waals surface area contributed by atoms with Crippen molar-refractivity contribution in [2.24, 2.45) is 5.14 Å². The van der Waals surface area contributed by atoms with Gasteiger partial charge in [0.25, 0.3) is 5.91 Å². The number of nitrogens with one attached hydrogen (secondary N) is 1. The molecule has 1 saturated heterocycles. The summed E-state index contributed by atoms with van der Waals surface area (Å²) in [5.74, 6) is -0.334. The lowest BCUT2D eigenvalue weighted by molar-refractivity contribution is -0.124. The predicted octanol–water partition coefficient (Wildman–Crippen LogP) is 0.760. The fourth-order valence-electron chi connectivity index (χ4n) is 3.14. The smallest absolute Gasteiger partial charge is 0.333 e. The van der Waals surface area contributed by atoms with Crippen LogP contribution in [0.25, 0.3) is 11.0 Å².